The van der Waals surface area contributed by atoms with E-state index < -0.39 is 11.9 Å². The normalized spacial score (nSPS) is 14.4. The third-order valence-electron chi connectivity index (χ3n) is 3.92. The lowest BCUT2D eigenvalue weighted by molar-refractivity contribution is -0.122. The molecule has 7 nitrogen and oxygen atoms in total. The van der Waals surface area contributed by atoms with Crippen molar-refractivity contribution in [2.45, 2.75) is 31.7 Å². The fraction of sp³-hybridized carbons (Fsp3) is 0.471. The van der Waals surface area contributed by atoms with Crippen LogP contribution in [0.25, 0.3) is 0 Å². The van der Waals surface area contributed by atoms with Gasteiger partial charge in [-0.2, -0.15) is 0 Å². The molecule has 0 unspecified atom stereocenters. The van der Waals surface area contributed by atoms with Gasteiger partial charge >= 0.3 is 6.03 Å². The molecule has 0 saturated heterocycles. The second-order valence-corrected chi connectivity index (χ2v) is 7.06. The number of imide groups is 1. The molecule has 1 aromatic carbocycles. The first-order chi connectivity index (χ1) is 11.9. The number of hydrogen-bond acceptors (Lipinski definition) is 4. The lowest BCUT2D eigenvalue weighted by Crippen LogP contribution is -2.47. The predicted octanol–water partition coefficient (Wildman–Crippen LogP) is 2.09. The first kappa shape index (κ1) is 19.4. The summed E-state index contributed by atoms with van der Waals surface area (Å²) in [4.78, 5) is 37.2. The molecule has 3 N–H and O–H groups in total. The minimum Gasteiger partial charge on any atom is -0.335 e. The third kappa shape index (κ3) is 6.83. The minimum atomic E-state index is -0.469. The zero-order valence-corrected chi connectivity index (χ0v) is 15.8. The van der Waals surface area contributed by atoms with Crippen LogP contribution in [0.2, 0.25) is 0 Å². The fourth-order valence-corrected chi connectivity index (χ4v) is 3.14. The molecule has 0 bridgehead atoms. The zero-order chi connectivity index (χ0) is 18.2. The average Bonchev–Trinajstić information content (AvgIpc) is 3.01. The van der Waals surface area contributed by atoms with E-state index in [4.69, 9.17) is 0 Å². The molecule has 1 aromatic rings. The number of halogens is 1. The van der Waals surface area contributed by atoms with Crippen LogP contribution >= 0.6 is 15.9 Å². The molecule has 0 heterocycles. The van der Waals surface area contributed by atoms with Gasteiger partial charge in [0.1, 0.15) is 0 Å². The van der Waals surface area contributed by atoms with Crippen molar-refractivity contribution in [1.82, 2.24) is 15.5 Å². The fourth-order valence-electron chi connectivity index (χ4n) is 2.76. The Morgan fingerprint density at radius 1 is 1.12 bits per heavy atom. The van der Waals surface area contributed by atoms with E-state index in [1.54, 1.807) is 18.0 Å². The first-order valence-corrected chi connectivity index (χ1v) is 9.06. The monoisotopic (exact) mass is 410 g/mol. The van der Waals surface area contributed by atoms with Crippen molar-refractivity contribution in [3.8, 4) is 0 Å². The Morgan fingerprint density at radius 3 is 2.44 bits per heavy atom. The second kappa shape index (κ2) is 9.53. The number of hydrogen-bond donors (Lipinski definition) is 3. The van der Waals surface area contributed by atoms with E-state index in [-0.39, 0.29) is 25.0 Å². The van der Waals surface area contributed by atoms with Gasteiger partial charge < -0.3 is 10.6 Å². The lowest BCUT2D eigenvalue weighted by Gasteiger charge is -2.17. The van der Waals surface area contributed by atoms with E-state index in [2.05, 4.69) is 31.9 Å². The molecular weight excluding hydrogens is 388 g/mol. The van der Waals surface area contributed by atoms with Crippen molar-refractivity contribution in [3.05, 3.63) is 28.7 Å². The van der Waals surface area contributed by atoms with Gasteiger partial charge in [0.15, 0.2) is 0 Å². The van der Waals surface area contributed by atoms with Crippen LogP contribution in [0.4, 0.5) is 10.5 Å². The van der Waals surface area contributed by atoms with Crippen LogP contribution in [-0.4, -0.2) is 48.9 Å². The van der Waals surface area contributed by atoms with E-state index in [1.807, 2.05) is 18.2 Å². The van der Waals surface area contributed by atoms with Gasteiger partial charge in [0.2, 0.25) is 11.8 Å². The quantitative estimate of drug-likeness (QED) is 0.669. The zero-order valence-electron chi connectivity index (χ0n) is 14.2. The van der Waals surface area contributed by atoms with E-state index in [9.17, 15) is 14.4 Å². The average molecular weight is 411 g/mol. The Bertz CT molecular complexity index is 632. The molecule has 1 aliphatic carbocycles. The van der Waals surface area contributed by atoms with Gasteiger partial charge in [-0.3, -0.25) is 19.8 Å². The predicted molar refractivity (Wildman–Crippen MR) is 99.2 cm³/mol. The maximum atomic E-state index is 12.0. The van der Waals surface area contributed by atoms with Crippen molar-refractivity contribution in [2.24, 2.45) is 0 Å². The second-order valence-electron chi connectivity index (χ2n) is 6.20. The lowest BCUT2D eigenvalue weighted by atomic mass is 10.2. The molecule has 0 aliphatic heterocycles. The molecule has 2 rings (SSSR count). The Hall–Kier alpha value is -1.93. The highest BCUT2D eigenvalue weighted by atomic mass is 79.9. The molecule has 25 heavy (non-hydrogen) atoms. The molecule has 0 radical (unpaired) electrons. The first-order valence-electron chi connectivity index (χ1n) is 8.27. The Labute approximate surface area is 155 Å². The SMILES string of the molecule is CN(CC(=O)NC(=O)NC1CCCC1)CC(=O)Nc1ccccc1Br. The number of benzene rings is 1. The summed E-state index contributed by atoms with van der Waals surface area (Å²) in [7, 11) is 1.65. The van der Waals surface area contributed by atoms with E-state index in [1.165, 1.54) is 0 Å². The minimum absolute atomic E-state index is 0.0402. The van der Waals surface area contributed by atoms with Crippen molar-refractivity contribution < 1.29 is 14.4 Å². The van der Waals surface area contributed by atoms with Crippen LogP contribution in [0.5, 0.6) is 0 Å². The molecule has 136 valence electrons. The number of amides is 4. The summed E-state index contributed by atoms with van der Waals surface area (Å²) < 4.78 is 0.785. The molecule has 1 saturated carbocycles. The number of anilines is 1. The number of para-hydroxylation sites is 1. The molecule has 1 fully saturated rings. The van der Waals surface area contributed by atoms with Gasteiger partial charge in [-0.15, -0.1) is 0 Å². The molecule has 0 spiro atoms. The molecule has 0 aromatic heterocycles. The number of nitrogens with one attached hydrogen (secondary N) is 3. The molecule has 0 atom stereocenters. The highest BCUT2D eigenvalue weighted by Gasteiger charge is 2.19. The smallest absolute Gasteiger partial charge is 0.321 e. The summed E-state index contributed by atoms with van der Waals surface area (Å²) in [6, 6.07) is 6.97. The van der Waals surface area contributed by atoms with Gasteiger partial charge in [-0.05, 0) is 48.0 Å². The number of carbonyl (C=O) groups is 3. The molecule has 4 amide bonds. The van der Waals surface area contributed by atoms with Crippen LogP contribution in [0, 0.1) is 0 Å². The molecule has 1 aliphatic rings. The van der Waals surface area contributed by atoms with E-state index >= 15 is 0 Å². The summed E-state index contributed by atoms with van der Waals surface area (Å²) in [5.74, 6) is -0.677. The van der Waals surface area contributed by atoms with Crippen LogP contribution in [0.3, 0.4) is 0 Å². The summed E-state index contributed by atoms with van der Waals surface area (Å²) >= 11 is 3.36. The highest BCUT2D eigenvalue weighted by molar-refractivity contribution is 9.10. The maximum Gasteiger partial charge on any atom is 0.321 e. The summed E-state index contributed by atoms with van der Waals surface area (Å²) in [5, 5.41) is 7.85. The number of rotatable bonds is 6. The Morgan fingerprint density at radius 2 is 1.76 bits per heavy atom. The van der Waals surface area contributed by atoms with Gasteiger partial charge in [0.05, 0.1) is 18.8 Å². The number of likely N-dealkylation sites (N-methyl/N-ethyl adjacent to an activating group) is 1. The van der Waals surface area contributed by atoms with Crippen molar-refractivity contribution in [1.29, 1.82) is 0 Å². The van der Waals surface area contributed by atoms with Gasteiger partial charge in [-0.1, -0.05) is 25.0 Å². The van der Waals surface area contributed by atoms with E-state index in [0.29, 0.717) is 5.69 Å². The van der Waals surface area contributed by atoms with E-state index in [0.717, 1.165) is 30.2 Å². The van der Waals surface area contributed by atoms with Crippen LogP contribution in [0.1, 0.15) is 25.7 Å². The molecule has 8 heteroatoms. The maximum absolute atomic E-state index is 12.0. The van der Waals surface area contributed by atoms with Crippen LogP contribution < -0.4 is 16.0 Å². The number of urea groups is 1. The highest BCUT2D eigenvalue weighted by Crippen LogP contribution is 2.21. The molecular formula is C17H23BrN4O3. The summed E-state index contributed by atoms with van der Waals surface area (Å²) in [6.07, 6.45) is 4.12. The topological polar surface area (TPSA) is 90.5 Å². The number of nitrogens with zero attached hydrogens (tertiary/aromatic N) is 1. The summed E-state index contributed by atoms with van der Waals surface area (Å²) in [6.45, 7) is 0.000461. The Balaban J connectivity index is 1.70. The van der Waals surface area contributed by atoms with Crippen LogP contribution in [0.15, 0.2) is 28.7 Å². The van der Waals surface area contributed by atoms with Gasteiger partial charge in [-0.25, -0.2) is 4.79 Å². The van der Waals surface area contributed by atoms with Crippen LogP contribution in [-0.2, 0) is 9.59 Å². The largest absolute Gasteiger partial charge is 0.335 e. The van der Waals surface area contributed by atoms with Crippen molar-refractivity contribution >= 4 is 39.5 Å². The Kier molecular flexibility index (Phi) is 7.39. The van der Waals surface area contributed by atoms with Gasteiger partial charge in [0, 0.05) is 10.5 Å². The standard InChI is InChI=1S/C17H23BrN4O3/c1-22(10-15(23)20-14-9-5-4-8-13(14)18)11-16(24)21-17(25)19-12-6-2-3-7-12/h4-5,8-9,12H,2-3,6-7,10-11H2,1H3,(H,20,23)(H2,19,21,24,25). The third-order valence-corrected chi connectivity index (χ3v) is 4.61. The summed E-state index contributed by atoms with van der Waals surface area (Å²) in [5.41, 5.74) is 0.668. The van der Waals surface area contributed by atoms with Crippen molar-refractivity contribution in [2.75, 3.05) is 25.5 Å². The number of carbonyl (C=O) groups excluding carboxylic acids is 3. The van der Waals surface area contributed by atoms with Gasteiger partial charge in [0.25, 0.3) is 0 Å². The van der Waals surface area contributed by atoms with Crippen molar-refractivity contribution in [3.63, 3.8) is 0 Å².